The van der Waals surface area contributed by atoms with Crippen LogP contribution in [0, 0.1) is 0 Å². The summed E-state index contributed by atoms with van der Waals surface area (Å²) in [6, 6.07) is 10.9. The molecule has 2 rings (SSSR count). The van der Waals surface area contributed by atoms with Gasteiger partial charge in [0, 0.05) is 32.2 Å². The van der Waals surface area contributed by atoms with Gasteiger partial charge >= 0.3 is 0 Å². The van der Waals surface area contributed by atoms with E-state index in [1.807, 2.05) is 0 Å². The average Bonchev–Trinajstić information content (AvgIpc) is 2.60. The second-order valence-corrected chi connectivity index (χ2v) is 4.10. The van der Waals surface area contributed by atoms with Crippen LogP contribution in [-0.2, 0) is 6.54 Å². The molecule has 82 valence electrons. The summed E-state index contributed by atoms with van der Waals surface area (Å²) in [4.78, 5) is 0. The summed E-state index contributed by atoms with van der Waals surface area (Å²) in [5, 5.41) is 4.68. The van der Waals surface area contributed by atoms with E-state index in [0.717, 1.165) is 26.2 Å². The van der Waals surface area contributed by atoms with Crippen LogP contribution < -0.4 is 5.73 Å². The highest BCUT2D eigenvalue weighted by molar-refractivity contribution is 5.14. The Kier molecular flexibility index (Phi) is 3.36. The molecular weight excluding hydrogens is 186 g/mol. The Labute approximate surface area is 91.4 Å². The molecule has 1 aromatic rings. The van der Waals surface area contributed by atoms with Crippen molar-refractivity contribution in [2.45, 2.75) is 19.5 Å². The fourth-order valence-electron chi connectivity index (χ4n) is 2.12. The molecule has 1 aliphatic rings. The molecule has 1 saturated heterocycles. The summed E-state index contributed by atoms with van der Waals surface area (Å²) in [6.45, 7) is 6.16. The van der Waals surface area contributed by atoms with E-state index in [4.69, 9.17) is 5.73 Å². The van der Waals surface area contributed by atoms with Crippen molar-refractivity contribution in [1.29, 1.82) is 0 Å². The first-order valence-electron chi connectivity index (χ1n) is 5.59. The van der Waals surface area contributed by atoms with E-state index in [1.54, 1.807) is 0 Å². The molecule has 3 nitrogen and oxygen atoms in total. The lowest BCUT2D eigenvalue weighted by atomic mass is 10.2. The maximum atomic E-state index is 5.96. The molecule has 0 bridgehead atoms. The summed E-state index contributed by atoms with van der Waals surface area (Å²) < 4.78 is 0. The molecule has 1 fully saturated rings. The zero-order valence-electron chi connectivity index (χ0n) is 9.26. The fraction of sp³-hybridized carbons (Fsp3) is 0.500. The summed E-state index contributed by atoms with van der Waals surface area (Å²) >= 11 is 0. The molecule has 1 aliphatic heterocycles. The average molecular weight is 205 g/mol. The van der Waals surface area contributed by atoms with Crippen molar-refractivity contribution in [3.8, 4) is 0 Å². The van der Waals surface area contributed by atoms with Crippen LogP contribution in [0.2, 0.25) is 0 Å². The van der Waals surface area contributed by atoms with E-state index in [9.17, 15) is 0 Å². The van der Waals surface area contributed by atoms with Crippen LogP contribution in [0.5, 0.6) is 0 Å². The number of hydrogen-bond donors (Lipinski definition) is 1. The first kappa shape index (κ1) is 10.6. The minimum atomic E-state index is 0.300. The van der Waals surface area contributed by atoms with Crippen molar-refractivity contribution in [2.75, 3.05) is 19.6 Å². The van der Waals surface area contributed by atoms with Gasteiger partial charge in [-0.3, -0.25) is 0 Å². The Balaban J connectivity index is 2.00. The number of benzene rings is 1. The smallest absolute Gasteiger partial charge is 0.0384 e. The molecule has 0 aliphatic carbocycles. The molecule has 1 unspecified atom stereocenters. The SMILES string of the molecule is CCN1CC(N)CN1Cc1ccccc1. The molecule has 0 spiro atoms. The zero-order chi connectivity index (χ0) is 10.7. The highest BCUT2D eigenvalue weighted by Gasteiger charge is 2.25. The van der Waals surface area contributed by atoms with E-state index in [0.29, 0.717) is 6.04 Å². The third-order valence-corrected chi connectivity index (χ3v) is 2.86. The van der Waals surface area contributed by atoms with Crippen molar-refractivity contribution in [3.05, 3.63) is 35.9 Å². The number of hydrogen-bond acceptors (Lipinski definition) is 3. The Morgan fingerprint density at radius 2 is 1.87 bits per heavy atom. The number of nitrogens with two attached hydrogens (primary N) is 1. The summed E-state index contributed by atoms with van der Waals surface area (Å²) in [6.07, 6.45) is 0. The van der Waals surface area contributed by atoms with Gasteiger partial charge in [-0.05, 0) is 5.56 Å². The largest absolute Gasteiger partial charge is 0.325 e. The highest BCUT2D eigenvalue weighted by Crippen LogP contribution is 2.13. The van der Waals surface area contributed by atoms with Crippen LogP contribution in [0.25, 0.3) is 0 Å². The number of rotatable bonds is 3. The number of hydrazine groups is 1. The van der Waals surface area contributed by atoms with Gasteiger partial charge < -0.3 is 5.73 Å². The van der Waals surface area contributed by atoms with Crippen LogP contribution in [0.4, 0.5) is 0 Å². The standard InChI is InChI=1S/C12H19N3/c1-2-14-9-12(13)10-15(14)8-11-6-4-3-5-7-11/h3-7,12H,2,8-10,13H2,1H3. The fourth-order valence-corrected chi connectivity index (χ4v) is 2.12. The first-order valence-corrected chi connectivity index (χ1v) is 5.59. The monoisotopic (exact) mass is 205 g/mol. The van der Waals surface area contributed by atoms with Crippen LogP contribution in [0.15, 0.2) is 30.3 Å². The third-order valence-electron chi connectivity index (χ3n) is 2.86. The van der Waals surface area contributed by atoms with Gasteiger partial charge in [-0.1, -0.05) is 37.3 Å². The Hall–Kier alpha value is -0.900. The van der Waals surface area contributed by atoms with E-state index >= 15 is 0 Å². The topological polar surface area (TPSA) is 32.5 Å². The summed E-state index contributed by atoms with van der Waals surface area (Å²) in [5.41, 5.74) is 7.31. The van der Waals surface area contributed by atoms with Crippen LogP contribution in [0.3, 0.4) is 0 Å². The first-order chi connectivity index (χ1) is 7.29. The molecule has 1 heterocycles. The Morgan fingerprint density at radius 1 is 1.20 bits per heavy atom. The molecular formula is C12H19N3. The minimum Gasteiger partial charge on any atom is -0.325 e. The van der Waals surface area contributed by atoms with Gasteiger partial charge in [-0.25, -0.2) is 10.0 Å². The summed E-state index contributed by atoms with van der Waals surface area (Å²) in [7, 11) is 0. The van der Waals surface area contributed by atoms with Crippen molar-refractivity contribution >= 4 is 0 Å². The molecule has 3 heteroatoms. The Morgan fingerprint density at radius 3 is 2.53 bits per heavy atom. The van der Waals surface area contributed by atoms with E-state index in [1.165, 1.54) is 5.56 Å². The van der Waals surface area contributed by atoms with Crippen LogP contribution in [0.1, 0.15) is 12.5 Å². The van der Waals surface area contributed by atoms with Crippen LogP contribution in [-0.4, -0.2) is 35.7 Å². The molecule has 0 aromatic heterocycles. The second kappa shape index (κ2) is 4.75. The zero-order valence-corrected chi connectivity index (χ0v) is 9.26. The predicted molar refractivity (Wildman–Crippen MR) is 62.1 cm³/mol. The highest BCUT2D eigenvalue weighted by atomic mass is 15.6. The van der Waals surface area contributed by atoms with Gasteiger partial charge in [0.15, 0.2) is 0 Å². The molecule has 0 amide bonds. The predicted octanol–water partition coefficient (Wildman–Crippen LogP) is 1.07. The third kappa shape index (κ3) is 2.56. The van der Waals surface area contributed by atoms with Gasteiger partial charge in [0.25, 0.3) is 0 Å². The molecule has 2 N–H and O–H groups in total. The van der Waals surface area contributed by atoms with E-state index < -0.39 is 0 Å². The van der Waals surface area contributed by atoms with E-state index in [2.05, 4.69) is 47.3 Å². The van der Waals surface area contributed by atoms with Crippen molar-refractivity contribution in [1.82, 2.24) is 10.0 Å². The quantitative estimate of drug-likeness (QED) is 0.801. The summed E-state index contributed by atoms with van der Waals surface area (Å²) in [5.74, 6) is 0. The molecule has 1 aromatic carbocycles. The number of nitrogens with zero attached hydrogens (tertiary/aromatic N) is 2. The lowest BCUT2D eigenvalue weighted by molar-refractivity contribution is 0.0246. The minimum absolute atomic E-state index is 0.300. The second-order valence-electron chi connectivity index (χ2n) is 4.10. The molecule has 15 heavy (non-hydrogen) atoms. The van der Waals surface area contributed by atoms with Gasteiger partial charge in [0.2, 0.25) is 0 Å². The maximum Gasteiger partial charge on any atom is 0.0384 e. The van der Waals surface area contributed by atoms with Crippen molar-refractivity contribution in [2.24, 2.45) is 5.73 Å². The normalized spacial score (nSPS) is 23.5. The van der Waals surface area contributed by atoms with Crippen molar-refractivity contribution < 1.29 is 0 Å². The molecule has 1 atom stereocenters. The maximum absolute atomic E-state index is 5.96. The van der Waals surface area contributed by atoms with Gasteiger partial charge in [0.1, 0.15) is 0 Å². The van der Waals surface area contributed by atoms with Gasteiger partial charge in [-0.15, -0.1) is 0 Å². The van der Waals surface area contributed by atoms with Gasteiger partial charge in [-0.2, -0.15) is 0 Å². The lowest BCUT2D eigenvalue weighted by Crippen LogP contribution is -2.35. The molecule has 0 radical (unpaired) electrons. The molecule has 0 saturated carbocycles. The Bertz CT molecular complexity index is 299. The van der Waals surface area contributed by atoms with Crippen molar-refractivity contribution in [3.63, 3.8) is 0 Å². The lowest BCUT2D eigenvalue weighted by Gasteiger charge is -2.26. The number of likely N-dealkylation sites (N-methyl/N-ethyl adjacent to an activating group) is 1. The van der Waals surface area contributed by atoms with Gasteiger partial charge in [0.05, 0.1) is 0 Å². The van der Waals surface area contributed by atoms with E-state index in [-0.39, 0.29) is 0 Å². The van der Waals surface area contributed by atoms with Crippen LogP contribution >= 0.6 is 0 Å².